The lowest BCUT2D eigenvalue weighted by Crippen LogP contribution is -2.41. The van der Waals surface area contributed by atoms with Crippen LogP contribution >= 0.6 is 0 Å². The summed E-state index contributed by atoms with van der Waals surface area (Å²) in [6, 6.07) is 0. The quantitative estimate of drug-likeness (QED) is 0.578. The van der Waals surface area contributed by atoms with Gasteiger partial charge < -0.3 is 0 Å². The predicted molar refractivity (Wildman–Crippen MR) is 60.1 cm³/mol. The first-order valence-electron chi connectivity index (χ1n) is 6.83. The van der Waals surface area contributed by atoms with Crippen molar-refractivity contribution in [1.82, 2.24) is 0 Å². The van der Waals surface area contributed by atoms with E-state index in [1.54, 1.807) is 44.9 Å². The van der Waals surface area contributed by atoms with Crippen molar-refractivity contribution in [1.29, 1.82) is 0 Å². The van der Waals surface area contributed by atoms with Gasteiger partial charge in [0.2, 0.25) is 0 Å². The van der Waals surface area contributed by atoms with E-state index in [9.17, 15) is 0 Å². The van der Waals surface area contributed by atoms with Crippen LogP contribution in [0.4, 0.5) is 0 Å². The largest absolute Gasteiger partial charge is 0.0651 e. The lowest BCUT2D eigenvalue weighted by Gasteiger charge is -2.52. The van der Waals surface area contributed by atoms with Gasteiger partial charge in [-0.1, -0.05) is 32.6 Å². The summed E-state index contributed by atoms with van der Waals surface area (Å²) < 4.78 is 0. The van der Waals surface area contributed by atoms with Crippen molar-refractivity contribution in [2.24, 2.45) is 23.2 Å². The molecule has 14 heavy (non-hydrogen) atoms. The monoisotopic (exact) mass is 192 g/mol. The molecule has 3 atom stereocenters. The summed E-state index contributed by atoms with van der Waals surface area (Å²) in [5.41, 5.74) is 0.867. The zero-order valence-corrected chi connectivity index (χ0v) is 9.60. The van der Waals surface area contributed by atoms with Crippen molar-refractivity contribution in [3.8, 4) is 0 Å². The molecule has 0 bridgehead atoms. The van der Waals surface area contributed by atoms with Gasteiger partial charge in [0.05, 0.1) is 0 Å². The molecule has 80 valence electrons. The van der Waals surface area contributed by atoms with Crippen LogP contribution in [-0.4, -0.2) is 0 Å². The van der Waals surface area contributed by atoms with Crippen molar-refractivity contribution in [3.05, 3.63) is 0 Å². The third-order valence-corrected chi connectivity index (χ3v) is 5.65. The fourth-order valence-corrected chi connectivity index (χ4v) is 4.82. The molecular formula is C14H24. The van der Waals surface area contributed by atoms with Gasteiger partial charge in [-0.15, -0.1) is 0 Å². The maximum Gasteiger partial charge on any atom is -0.0292 e. The molecule has 0 saturated heterocycles. The molecule has 0 aromatic rings. The molecule has 0 aromatic carbocycles. The molecule has 0 aliphatic heterocycles. The Balaban J connectivity index is 1.78. The average Bonchev–Trinajstić information content (AvgIpc) is 2.61. The van der Waals surface area contributed by atoms with Gasteiger partial charge in [-0.2, -0.15) is 0 Å². The lowest BCUT2D eigenvalue weighted by atomic mass is 9.53. The molecule has 3 saturated carbocycles. The molecule has 3 fully saturated rings. The third kappa shape index (κ3) is 1.26. The van der Waals surface area contributed by atoms with Crippen LogP contribution in [0.25, 0.3) is 0 Å². The summed E-state index contributed by atoms with van der Waals surface area (Å²) in [7, 11) is 0. The van der Waals surface area contributed by atoms with Crippen LogP contribution in [0.2, 0.25) is 0 Å². The van der Waals surface area contributed by atoms with E-state index in [-0.39, 0.29) is 0 Å². The normalized spacial score (nSPS) is 44.8. The summed E-state index contributed by atoms with van der Waals surface area (Å²) in [4.78, 5) is 0. The number of rotatable bonds is 1. The second-order valence-corrected chi connectivity index (χ2v) is 6.28. The highest BCUT2D eigenvalue weighted by Gasteiger charge is 2.49. The maximum absolute atomic E-state index is 2.43. The molecule has 0 radical (unpaired) electrons. The molecule has 0 amide bonds. The van der Waals surface area contributed by atoms with E-state index in [0.717, 1.165) is 23.2 Å². The van der Waals surface area contributed by atoms with Gasteiger partial charge in [0.25, 0.3) is 0 Å². The van der Waals surface area contributed by atoms with Gasteiger partial charge in [0.1, 0.15) is 0 Å². The van der Waals surface area contributed by atoms with E-state index in [1.165, 1.54) is 12.8 Å². The Morgan fingerprint density at radius 3 is 2.57 bits per heavy atom. The molecule has 0 N–H and O–H groups in total. The zero-order chi connectivity index (χ0) is 9.60. The van der Waals surface area contributed by atoms with Crippen molar-refractivity contribution < 1.29 is 0 Å². The van der Waals surface area contributed by atoms with Gasteiger partial charge in [-0.3, -0.25) is 0 Å². The Labute approximate surface area is 88.5 Å². The minimum Gasteiger partial charge on any atom is -0.0651 e. The standard InChI is InChI=1S/C14H24/c1-2-11-9-14(7-4-8-14)10-12-5-3-6-13(11)12/h11-13H,2-10H2,1H3. The van der Waals surface area contributed by atoms with Crippen LogP contribution < -0.4 is 0 Å². The lowest BCUT2D eigenvalue weighted by molar-refractivity contribution is -0.0132. The molecular weight excluding hydrogens is 168 g/mol. The van der Waals surface area contributed by atoms with Crippen molar-refractivity contribution in [3.63, 3.8) is 0 Å². The molecule has 0 heteroatoms. The van der Waals surface area contributed by atoms with Crippen LogP contribution in [0.3, 0.4) is 0 Å². The summed E-state index contributed by atoms with van der Waals surface area (Å²) in [6.07, 6.45) is 14.1. The van der Waals surface area contributed by atoms with E-state index in [4.69, 9.17) is 0 Å². The summed E-state index contributed by atoms with van der Waals surface area (Å²) in [6.45, 7) is 2.43. The van der Waals surface area contributed by atoms with Gasteiger partial charge in [0.15, 0.2) is 0 Å². The van der Waals surface area contributed by atoms with E-state index in [0.29, 0.717) is 0 Å². The molecule has 3 aliphatic rings. The van der Waals surface area contributed by atoms with Gasteiger partial charge >= 0.3 is 0 Å². The minimum atomic E-state index is 0.867. The first-order chi connectivity index (χ1) is 6.83. The van der Waals surface area contributed by atoms with Crippen LogP contribution in [0.5, 0.6) is 0 Å². The van der Waals surface area contributed by atoms with Crippen LogP contribution in [0.1, 0.15) is 64.7 Å². The highest BCUT2D eigenvalue weighted by Crippen LogP contribution is 2.60. The number of hydrogen-bond acceptors (Lipinski definition) is 0. The van der Waals surface area contributed by atoms with E-state index >= 15 is 0 Å². The van der Waals surface area contributed by atoms with Gasteiger partial charge in [-0.05, 0) is 55.3 Å². The Hall–Kier alpha value is 0. The van der Waals surface area contributed by atoms with Crippen LogP contribution in [0.15, 0.2) is 0 Å². The Bertz CT molecular complexity index is 214. The molecule has 0 aromatic heterocycles. The predicted octanol–water partition coefficient (Wildman–Crippen LogP) is 4.39. The molecule has 3 unspecified atom stereocenters. The number of hydrogen-bond donors (Lipinski definition) is 0. The maximum atomic E-state index is 2.43. The third-order valence-electron chi connectivity index (χ3n) is 5.65. The second-order valence-electron chi connectivity index (χ2n) is 6.28. The molecule has 0 heterocycles. The van der Waals surface area contributed by atoms with Crippen molar-refractivity contribution in [2.45, 2.75) is 64.7 Å². The zero-order valence-electron chi connectivity index (χ0n) is 9.60. The molecule has 1 spiro atoms. The van der Waals surface area contributed by atoms with Crippen LogP contribution in [-0.2, 0) is 0 Å². The van der Waals surface area contributed by atoms with Crippen molar-refractivity contribution >= 4 is 0 Å². The van der Waals surface area contributed by atoms with Crippen molar-refractivity contribution in [2.75, 3.05) is 0 Å². The first kappa shape index (κ1) is 9.24. The summed E-state index contributed by atoms with van der Waals surface area (Å²) in [5.74, 6) is 3.40. The molecule has 3 aliphatic carbocycles. The Morgan fingerprint density at radius 2 is 1.93 bits per heavy atom. The van der Waals surface area contributed by atoms with E-state index in [1.807, 2.05) is 0 Å². The SMILES string of the molecule is CCC1CC2(CCC2)CC2CCCC12. The summed E-state index contributed by atoms with van der Waals surface area (Å²) in [5, 5.41) is 0. The van der Waals surface area contributed by atoms with Gasteiger partial charge in [-0.25, -0.2) is 0 Å². The topological polar surface area (TPSA) is 0 Å². The fourth-order valence-electron chi connectivity index (χ4n) is 4.82. The van der Waals surface area contributed by atoms with E-state index < -0.39 is 0 Å². The first-order valence-corrected chi connectivity index (χ1v) is 6.83. The Morgan fingerprint density at radius 1 is 1.07 bits per heavy atom. The highest BCUT2D eigenvalue weighted by atomic mass is 14.5. The Kier molecular flexibility index (Phi) is 2.15. The minimum absolute atomic E-state index is 0.867. The highest BCUT2D eigenvalue weighted by molar-refractivity contribution is 4.99. The average molecular weight is 192 g/mol. The molecule has 3 rings (SSSR count). The number of fused-ring (bicyclic) bond motifs is 1. The fraction of sp³-hybridized carbons (Fsp3) is 1.00. The summed E-state index contributed by atoms with van der Waals surface area (Å²) >= 11 is 0. The molecule has 0 nitrogen and oxygen atoms in total. The second kappa shape index (κ2) is 3.25. The smallest absolute Gasteiger partial charge is 0.0292 e. The van der Waals surface area contributed by atoms with E-state index in [2.05, 4.69) is 6.92 Å². The van der Waals surface area contributed by atoms with Gasteiger partial charge in [0, 0.05) is 0 Å². The van der Waals surface area contributed by atoms with Crippen LogP contribution in [0, 0.1) is 23.2 Å².